The maximum atomic E-state index is 11.9. The number of rotatable bonds is 10. The fourth-order valence-corrected chi connectivity index (χ4v) is 5.36. The molecular weight excluding hydrogens is 542 g/mol. The van der Waals surface area contributed by atoms with Crippen molar-refractivity contribution < 1.29 is 26.9 Å². The van der Waals surface area contributed by atoms with Crippen molar-refractivity contribution in [1.29, 1.82) is 0 Å². The van der Waals surface area contributed by atoms with Crippen molar-refractivity contribution in [1.82, 2.24) is 14.5 Å². The zero-order valence-corrected chi connectivity index (χ0v) is 22.6. The van der Waals surface area contributed by atoms with E-state index in [1.165, 1.54) is 18.4 Å². The Morgan fingerprint density at radius 3 is 2.67 bits per heavy atom. The molecule has 39 heavy (non-hydrogen) atoms. The smallest absolute Gasteiger partial charge is 0.357 e. The van der Waals surface area contributed by atoms with Gasteiger partial charge in [-0.1, -0.05) is 30.3 Å². The molecule has 202 valence electrons. The van der Waals surface area contributed by atoms with Gasteiger partial charge in [-0.15, -0.1) is 11.3 Å². The van der Waals surface area contributed by atoms with Gasteiger partial charge >= 0.3 is 16.3 Å². The summed E-state index contributed by atoms with van der Waals surface area (Å²) in [5.41, 5.74) is 3.62. The van der Waals surface area contributed by atoms with E-state index >= 15 is 0 Å². The molecule has 2 aromatic carbocycles. The van der Waals surface area contributed by atoms with E-state index in [4.69, 9.17) is 13.7 Å². The molecule has 5 rings (SSSR count). The Bertz CT molecular complexity index is 1720. The number of carbonyl (C=O) groups excluding carboxylic acids is 1. The van der Waals surface area contributed by atoms with Crippen LogP contribution in [0.1, 0.15) is 22.3 Å². The Kier molecular flexibility index (Phi) is 7.37. The first-order valence-corrected chi connectivity index (χ1v) is 14.1. The monoisotopic (exact) mass is 567 g/mol. The molecule has 5 aromatic rings. The van der Waals surface area contributed by atoms with Gasteiger partial charge in [0.1, 0.15) is 6.54 Å². The van der Waals surface area contributed by atoms with Gasteiger partial charge in [0.25, 0.3) is 6.01 Å². The average molecular weight is 568 g/mol. The summed E-state index contributed by atoms with van der Waals surface area (Å²) in [7, 11) is -2.99. The van der Waals surface area contributed by atoms with Crippen LogP contribution in [0.3, 0.4) is 0 Å². The van der Waals surface area contributed by atoms with Gasteiger partial charge in [-0.05, 0) is 37.1 Å². The number of aromatic nitrogens is 3. The summed E-state index contributed by atoms with van der Waals surface area (Å²) in [6.07, 6.45) is 3.98. The Morgan fingerprint density at radius 1 is 1.21 bits per heavy atom. The van der Waals surface area contributed by atoms with Gasteiger partial charge in [-0.3, -0.25) is 14.1 Å². The third-order valence-electron chi connectivity index (χ3n) is 6.02. The van der Waals surface area contributed by atoms with E-state index in [1.54, 1.807) is 30.5 Å². The van der Waals surface area contributed by atoms with Gasteiger partial charge < -0.3 is 19.0 Å². The van der Waals surface area contributed by atoms with Gasteiger partial charge in [-0.2, -0.15) is 8.42 Å². The number of ether oxygens (including phenoxy) is 1. The number of anilines is 2. The summed E-state index contributed by atoms with van der Waals surface area (Å²) in [6.45, 7) is 1.99. The molecule has 0 amide bonds. The van der Waals surface area contributed by atoms with Gasteiger partial charge in [0.05, 0.1) is 35.7 Å². The van der Waals surface area contributed by atoms with Crippen molar-refractivity contribution in [2.24, 2.45) is 0 Å². The SMILES string of the molecule is COC(=O)Cn1cc(-c2cnc(N[C@@H](Cc3ccc(NS(=O)(=O)O)cc3)c3csc(C)n3)o2)c2ccccc21. The summed E-state index contributed by atoms with van der Waals surface area (Å²) in [6, 6.07) is 14.4. The molecule has 0 saturated carbocycles. The lowest BCUT2D eigenvalue weighted by molar-refractivity contribution is -0.141. The summed E-state index contributed by atoms with van der Waals surface area (Å²) < 4.78 is 46.0. The summed E-state index contributed by atoms with van der Waals surface area (Å²) in [4.78, 5) is 21.0. The van der Waals surface area contributed by atoms with Gasteiger partial charge in [-0.25, -0.2) is 9.97 Å². The van der Waals surface area contributed by atoms with Crippen molar-refractivity contribution in [2.45, 2.75) is 25.9 Å². The molecule has 0 spiro atoms. The number of nitrogens with zero attached hydrogens (tertiary/aromatic N) is 3. The van der Waals surface area contributed by atoms with Crippen LogP contribution in [-0.2, 0) is 32.8 Å². The highest BCUT2D eigenvalue weighted by molar-refractivity contribution is 7.87. The number of fused-ring (bicyclic) bond motifs is 1. The number of para-hydroxylation sites is 1. The number of hydrogen-bond acceptors (Lipinski definition) is 9. The van der Waals surface area contributed by atoms with E-state index in [2.05, 4.69) is 15.3 Å². The fourth-order valence-electron chi connectivity index (χ4n) is 4.26. The molecule has 3 aromatic heterocycles. The van der Waals surface area contributed by atoms with Crippen LogP contribution in [0.2, 0.25) is 0 Å². The lowest BCUT2D eigenvalue weighted by Crippen LogP contribution is -2.15. The van der Waals surface area contributed by atoms with Crippen LogP contribution < -0.4 is 10.0 Å². The van der Waals surface area contributed by atoms with Crippen molar-refractivity contribution in [2.75, 3.05) is 17.1 Å². The van der Waals surface area contributed by atoms with E-state index in [-0.39, 0.29) is 24.2 Å². The molecule has 0 aliphatic heterocycles. The predicted octanol–water partition coefficient (Wildman–Crippen LogP) is 4.84. The molecule has 0 saturated heterocycles. The van der Waals surface area contributed by atoms with Crippen LogP contribution in [-0.4, -0.2) is 40.6 Å². The molecule has 0 aliphatic rings. The molecule has 11 nitrogen and oxygen atoms in total. The molecular formula is C26H25N5O6S2. The number of hydrogen-bond donors (Lipinski definition) is 3. The molecule has 0 bridgehead atoms. The Morgan fingerprint density at radius 2 is 1.97 bits per heavy atom. The summed E-state index contributed by atoms with van der Waals surface area (Å²) in [5.74, 6) is 0.177. The maximum absolute atomic E-state index is 11.9. The molecule has 0 fully saturated rings. The second kappa shape index (κ2) is 10.9. The van der Waals surface area contributed by atoms with Crippen LogP contribution in [0.25, 0.3) is 22.2 Å². The minimum absolute atomic E-state index is 0.0695. The molecule has 3 N–H and O–H groups in total. The highest BCUT2D eigenvalue weighted by atomic mass is 32.2. The first-order chi connectivity index (χ1) is 18.7. The number of oxazole rings is 1. The number of esters is 1. The third-order valence-corrected chi connectivity index (χ3v) is 7.30. The van der Waals surface area contributed by atoms with Gasteiger partial charge in [0.2, 0.25) is 0 Å². The molecule has 0 aliphatic carbocycles. The predicted molar refractivity (Wildman–Crippen MR) is 148 cm³/mol. The van der Waals surface area contributed by atoms with E-state index in [0.717, 1.165) is 32.7 Å². The molecule has 0 unspecified atom stereocenters. The molecule has 13 heteroatoms. The first-order valence-electron chi connectivity index (χ1n) is 11.8. The Labute approximate surface area is 228 Å². The highest BCUT2D eigenvalue weighted by Gasteiger charge is 2.20. The largest absolute Gasteiger partial charge is 0.468 e. The fraction of sp³-hybridized carbons (Fsp3) is 0.192. The van der Waals surface area contributed by atoms with E-state index in [1.807, 2.05) is 52.1 Å². The zero-order chi connectivity index (χ0) is 27.6. The van der Waals surface area contributed by atoms with E-state index in [0.29, 0.717) is 18.2 Å². The van der Waals surface area contributed by atoms with Gasteiger partial charge in [0, 0.05) is 28.0 Å². The zero-order valence-electron chi connectivity index (χ0n) is 21.0. The van der Waals surface area contributed by atoms with Crippen molar-refractivity contribution in [3.63, 3.8) is 0 Å². The van der Waals surface area contributed by atoms with Crippen molar-refractivity contribution >= 4 is 50.2 Å². The first kappa shape index (κ1) is 26.4. The van der Waals surface area contributed by atoms with Crippen molar-refractivity contribution in [3.05, 3.63) is 82.6 Å². The number of aryl methyl sites for hydroxylation is 1. The number of nitrogens with one attached hydrogen (secondary N) is 2. The van der Waals surface area contributed by atoms with E-state index < -0.39 is 10.3 Å². The van der Waals surface area contributed by atoms with Crippen LogP contribution in [0.15, 0.2) is 70.7 Å². The second-order valence-corrected chi connectivity index (χ2v) is 11.0. The normalized spacial score (nSPS) is 12.4. The Hall–Kier alpha value is -4.20. The summed E-state index contributed by atoms with van der Waals surface area (Å²) >= 11 is 1.53. The number of methoxy groups -OCH3 is 1. The third kappa shape index (κ3) is 6.28. The lowest BCUT2D eigenvalue weighted by atomic mass is 10.0. The highest BCUT2D eigenvalue weighted by Crippen LogP contribution is 2.33. The van der Waals surface area contributed by atoms with E-state index in [9.17, 15) is 13.2 Å². The topological polar surface area (TPSA) is 149 Å². The number of carbonyl (C=O) groups is 1. The van der Waals surface area contributed by atoms with Gasteiger partial charge in [0.15, 0.2) is 5.76 Å². The lowest BCUT2D eigenvalue weighted by Gasteiger charge is -2.16. The number of benzene rings is 2. The van der Waals surface area contributed by atoms with Crippen molar-refractivity contribution in [3.8, 4) is 11.3 Å². The summed E-state index contributed by atoms with van der Waals surface area (Å²) in [5, 5.41) is 7.12. The quantitative estimate of drug-likeness (QED) is 0.159. The number of thiazole rings is 1. The van der Waals surface area contributed by atoms with Crippen LogP contribution in [0, 0.1) is 6.92 Å². The van der Waals surface area contributed by atoms with Crippen LogP contribution in [0.5, 0.6) is 0 Å². The Balaban J connectivity index is 1.40. The van der Waals surface area contributed by atoms with Crippen LogP contribution >= 0.6 is 11.3 Å². The molecule has 1 atom stereocenters. The molecule has 3 heterocycles. The molecule has 0 radical (unpaired) electrons. The maximum Gasteiger partial charge on any atom is 0.357 e. The minimum atomic E-state index is -4.35. The second-order valence-electron chi connectivity index (χ2n) is 8.76. The average Bonchev–Trinajstić information content (AvgIpc) is 3.63. The minimum Gasteiger partial charge on any atom is -0.468 e. The standard InChI is InChI=1S/C26H25N5O6S2/c1-16-28-22(15-38-16)21(11-17-7-9-18(10-8-17)30-39(33,34)35)29-26-27-12-24(37-26)20-13-31(14-25(32)36-2)23-6-4-3-5-19(20)23/h3-10,12-13,15,21,30H,11,14H2,1-2H3,(H,27,29)(H,33,34,35)/t21-/m0/s1. The van der Waals surface area contributed by atoms with Crippen LogP contribution in [0.4, 0.5) is 11.7 Å².